The Morgan fingerprint density at radius 3 is 2.54 bits per heavy atom. The highest BCUT2D eigenvalue weighted by Crippen LogP contribution is 2.32. The Labute approximate surface area is 141 Å². The van der Waals surface area contributed by atoms with Gasteiger partial charge < -0.3 is 10.1 Å². The van der Waals surface area contributed by atoms with E-state index in [9.17, 15) is 9.59 Å². The van der Waals surface area contributed by atoms with Crippen molar-refractivity contribution in [2.75, 3.05) is 18.1 Å². The fourth-order valence-electron chi connectivity index (χ4n) is 2.74. The average Bonchev–Trinajstić information content (AvgIpc) is 3.02. The van der Waals surface area contributed by atoms with Crippen molar-refractivity contribution in [2.24, 2.45) is 0 Å². The Morgan fingerprint density at radius 1 is 1.17 bits per heavy atom. The highest BCUT2D eigenvalue weighted by Gasteiger charge is 2.35. The summed E-state index contributed by atoms with van der Waals surface area (Å²) in [6.07, 6.45) is 0.523. The highest BCUT2D eigenvalue weighted by atomic mass is 16.6. The second-order valence-corrected chi connectivity index (χ2v) is 5.68. The van der Waals surface area contributed by atoms with Gasteiger partial charge in [-0.25, -0.2) is 4.79 Å². The van der Waals surface area contributed by atoms with Gasteiger partial charge in [0.1, 0.15) is 6.61 Å². The quantitative estimate of drug-likeness (QED) is 0.915. The first kappa shape index (κ1) is 16.1. The van der Waals surface area contributed by atoms with Crippen LogP contribution in [0.15, 0.2) is 54.6 Å². The first-order valence-electron chi connectivity index (χ1n) is 8.10. The van der Waals surface area contributed by atoms with Crippen LogP contribution < -0.4 is 10.2 Å². The molecule has 5 nitrogen and oxygen atoms in total. The van der Waals surface area contributed by atoms with Crippen molar-refractivity contribution in [3.05, 3.63) is 65.7 Å². The van der Waals surface area contributed by atoms with E-state index < -0.39 is 0 Å². The van der Waals surface area contributed by atoms with Gasteiger partial charge in [0.05, 0.1) is 6.04 Å². The number of benzene rings is 2. The van der Waals surface area contributed by atoms with Gasteiger partial charge in [0, 0.05) is 17.8 Å². The lowest BCUT2D eigenvalue weighted by atomic mass is 10.1. The average molecular weight is 324 g/mol. The third-order valence-electron chi connectivity index (χ3n) is 4.00. The summed E-state index contributed by atoms with van der Waals surface area (Å²) >= 11 is 0. The minimum atomic E-state index is -0.368. The van der Waals surface area contributed by atoms with Gasteiger partial charge in [-0.2, -0.15) is 0 Å². The molecule has 3 rings (SSSR count). The summed E-state index contributed by atoms with van der Waals surface area (Å²) in [6.45, 7) is 2.97. The molecule has 2 aromatic rings. The number of cyclic esters (lactones) is 1. The van der Waals surface area contributed by atoms with E-state index in [1.807, 2.05) is 37.3 Å². The zero-order valence-electron chi connectivity index (χ0n) is 13.6. The van der Waals surface area contributed by atoms with Crippen molar-refractivity contribution in [1.82, 2.24) is 5.32 Å². The Bertz CT molecular complexity index is 713. The molecule has 1 N–H and O–H groups in total. The predicted octanol–water partition coefficient (Wildman–Crippen LogP) is 3.52. The monoisotopic (exact) mass is 324 g/mol. The molecule has 0 bridgehead atoms. The van der Waals surface area contributed by atoms with E-state index in [-0.39, 0.29) is 18.0 Å². The molecule has 1 aliphatic heterocycles. The van der Waals surface area contributed by atoms with E-state index in [1.165, 1.54) is 0 Å². The molecule has 0 spiro atoms. The second kappa shape index (κ2) is 7.17. The van der Waals surface area contributed by atoms with E-state index >= 15 is 0 Å². The lowest BCUT2D eigenvalue weighted by Crippen LogP contribution is -2.27. The maximum absolute atomic E-state index is 12.1. The Hall–Kier alpha value is -2.82. The number of hydrogen-bond donors (Lipinski definition) is 1. The van der Waals surface area contributed by atoms with Gasteiger partial charge in [-0.05, 0) is 36.2 Å². The Kier molecular flexibility index (Phi) is 4.79. The van der Waals surface area contributed by atoms with Crippen molar-refractivity contribution in [1.29, 1.82) is 0 Å². The lowest BCUT2D eigenvalue weighted by Gasteiger charge is -2.22. The van der Waals surface area contributed by atoms with Gasteiger partial charge in [-0.15, -0.1) is 0 Å². The molecule has 5 heteroatoms. The summed E-state index contributed by atoms with van der Waals surface area (Å²) in [5.41, 5.74) is 2.32. The molecule has 1 heterocycles. The molecule has 0 saturated carbocycles. The highest BCUT2D eigenvalue weighted by molar-refractivity contribution is 5.96. The molecule has 1 atom stereocenters. The topological polar surface area (TPSA) is 58.6 Å². The number of carbonyl (C=O) groups excluding carboxylic acids is 2. The lowest BCUT2D eigenvalue weighted by molar-refractivity contribution is 0.0953. The van der Waals surface area contributed by atoms with Gasteiger partial charge in [0.25, 0.3) is 5.91 Å². The number of nitrogens with one attached hydrogen (secondary N) is 1. The third-order valence-corrected chi connectivity index (χ3v) is 4.00. The maximum Gasteiger partial charge on any atom is 0.415 e. The molecule has 1 aliphatic rings. The third kappa shape index (κ3) is 3.25. The van der Waals surface area contributed by atoms with E-state index in [0.717, 1.165) is 17.7 Å². The van der Waals surface area contributed by atoms with Crippen LogP contribution in [-0.4, -0.2) is 25.2 Å². The number of nitrogens with zero attached hydrogens (tertiary/aromatic N) is 1. The smallest absolute Gasteiger partial charge is 0.415 e. The zero-order chi connectivity index (χ0) is 16.9. The summed E-state index contributed by atoms with van der Waals surface area (Å²) in [5, 5.41) is 2.84. The standard InChI is InChI=1S/C19H20N2O3/c1-2-12-20-18(22)15-8-10-16(11-9-15)21-17(13-24-19(21)23)14-6-4-3-5-7-14/h3-11,17H,2,12-13H2,1H3,(H,20,22)/t17-/m0/s1. The first-order valence-corrected chi connectivity index (χ1v) is 8.10. The van der Waals surface area contributed by atoms with Crippen LogP contribution in [0, 0.1) is 0 Å². The fourth-order valence-corrected chi connectivity index (χ4v) is 2.74. The van der Waals surface area contributed by atoms with E-state index in [2.05, 4.69) is 5.32 Å². The molecule has 1 fully saturated rings. The molecule has 1 saturated heterocycles. The molecule has 0 radical (unpaired) electrons. The number of rotatable bonds is 5. The van der Waals surface area contributed by atoms with Crippen molar-refractivity contribution in [3.63, 3.8) is 0 Å². The Balaban J connectivity index is 1.81. The molecule has 0 unspecified atom stereocenters. The zero-order valence-corrected chi connectivity index (χ0v) is 13.6. The van der Waals surface area contributed by atoms with Crippen LogP contribution in [0.5, 0.6) is 0 Å². The molecule has 124 valence electrons. The van der Waals surface area contributed by atoms with Gasteiger partial charge in [-0.1, -0.05) is 37.3 Å². The van der Waals surface area contributed by atoms with E-state index in [0.29, 0.717) is 18.7 Å². The molecular formula is C19H20N2O3. The number of hydrogen-bond acceptors (Lipinski definition) is 3. The maximum atomic E-state index is 12.1. The number of anilines is 1. The van der Waals surface area contributed by atoms with Crippen LogP contribution in [0.25, 0.3) is 0 Å². The first-order chi connectivity index (χ1) is 11.7. The fraction of sp³-hybridized carbons (Fsp3) is 0.263. The van der Waals surface area contributed by atoms with Gasteiger partial charge in [-0.3, -0.25) is 9.69 Å². The van der Waals surface area contributed by atoms with Crippen LogP contribution in [0.3, 0.4) is 0 Å². The largest absolute Gasteiger partial charge is 0.447 e. The van der Waals surface area contributed by atoms with E-state index in [4.69, 9.17) is 4.74 Å². The van der Waals surface area contributed by atoms with Crippen molar-refractivity contribution in [2.45, 2.75) is 19.4 Å². The minimum absolute atomic E-state index is 0.105. The predicted molar refractivity (Wildman–Crippen MR) is 92.1 cm³/mol. The molecule has 2 aromatic carbocycles. The summed E-state index contributed by atoms with van der Waals surface area (Å²) in [5.74, 6) is -0.105. The SMILES string of the molecule is CCCNC(=O)c1ccc(N2C(=O)OC[C@H]2c2ccccc2)cc1. The molecule has 0 aromatic heterocycles. The van der Waals surface area contributed by atoms with E-state index in [1.54, 1.807) is 29.2 Å². The van der Waals surface area contributed by atoms with Crippen molar-refractivity contribution < 1.29 is 14.3 Å². The Morgan fingerprint density at radius 2 is 1.88 bits per heavy atom. The molecule has 0 aliphatic carbocycles. The summed E-state index contributed by atoms with van der Waals surface area (Å²) in [7, 11) is 0. The summed E-state index contributed by atoms with van der Waals surface area (Å²) in [6, 6.07) is 16.6. The normalized spacial score (nSPS) is 16.8. The van der Waals surface area contributed by atoms with Crippen LogP contribution in [-0.2, 0) is 4.74 Å². The van der Waals surface area contributed by atoms with Crippen LogP contribution in [0.1, 0.15) is 35.3 Å². The molecule has 24 heavy (non-hydrogen) atoms. The number of ether oxygens (including phenoxy) is 1. The summed E-state index contributed by atoms with van der Waals surface area (Å²) < 4.78 is 5.23. The number of amides is 2. The van der Waals surface area contributed by atoms with Crippen molar-refractivity contribution >= 4 is 17.7 Å². The van der Waals surface area contributed by atoms with Crippen molar-refractivity contribution in [3.8, 4) is 0 Å². The van der Waals surface area contributed by atoms with Gasteiger partial charge in [0.15, 0.2) is 0 Å². The molecule has 2 amide bonds. The number of carbonyl (C=O) groups is 2. The summed E-state index contributed by atoms with van der Waals surface area (Å²) in [4.78, 5) is 25.7. The second-order valence-electron chi connectivity index (χ2n) is 5.68. The van der Waals surface area contributed by atoms with Gasteiger partial charge in [0.2, 0.25) is 0 Å². The minimum Gasteiger partial charge on any atom is -0.447 e. The van der Waals surface area contributed by atoms with Crippen LogP contribution in [0.4, 0.5) is 10.5 Å². The van der Waals surface area contributed by atoms with Crippen LogP contribution >= 0.6 is 0 Å². The van der Waals surface area contributed by atoms with Crippen LogP contribution in [0.2, 0.25) is 0 Å². The van der Waals surface area contributed by atoms with Gasteiger partial charge >= 0.3 is 6.09 Å². The molecular weight excluding hydrogens is 304 g/mol.